The first-order valence-electron chi connectivity index (χ1n) is 24.2. The molecule has 0 amide bonds. The van der Waals surface area contributed by atoms with Crippen molar-refractivity contribution in [3.8, 4) is 45.8 Å². The van der Waals surface area contributed by atoms with Crippen molar-refractivity contribution in [2.75, 3.05) is 40.4 Å². The third-order valence-electron chi connectivity index (χ3n) is 15.6. The van der Waals surface area contributed by atoms with E-state index in [-0.39, 0.29) is 12.1 Å². The van der Waals surface area contributed by atoms with Crippen LogP contribution in [0.4, 0.5) is 0 Å². The average molecular weight is 881 g/mol. The SMILES string of the molecule is CC[C@H]1CN2CCC1C[C@@H]2[C@@H](Oc1nc(-c2ccccc2)nc(O[C@@H](c2ccnc3ccc(OC)cc23)[C@H]2C[C@@H]3CCN2C[C@@H]3CC)c1-c1ccccc1)c1ccnc2ccc(OC)cc12. The van der Waals surface area contributed by atoms with Gasteiger partial charge in [0.05, 0.1) is 37.3 Å². The van der Waals surface area contributed by atoms with E-state index in [2.05, 4.69) is 90.4 Å². The second kappa shape index (κ2) is 18.3. The van der Waals surface area contributed by atoms with Gasteiger partial charge in [0.2, 0.25) is 11.8 Å². The van der Waals surface area contributed by atoms with Gasteiger partial charge in [0.15, 0.2) is 5.82 Å². The third kappa shape index (κ3) is 7.91. The highest BCUT2D eigenvalue weighted by molar-refractivity contribution is 5.85. The van der Waals surface area contributed by atoms with Crippen molar-refractivity contribution in [2.45, 2.75) is 76.7 Å². The zero-order valence-corrected chi connectivity index (χ0v) is 38.6. The van der Waals surface area contributed by atoms with Gasteiger partial charge in [0, 0.05) is 52.9 Å². The van der Waals surface area contributed by atoms with Crippen LogP contribution in [-0.4, -0.2) is 82.2 Å². The number of piperidine rings is 6. The number of rotatable bonds is 14. The summed E-state index contributed by atoms with van der Waals surface area (Å²) in [7, 11) is 3.44. The van der Waals surface area contributed by atoms with Gasteiger partial charge in [-0.1, -0.05) is 87.4 Å². The fourth-order valence-corrected chi connectivity index (χ4v) is 12.1. The van der Waals surface area contributed by atoms with E-state index in [1.165, 1.54) is 25.7 Å². The summed E-state index contributed by atoms with van der Waals surface area (Å²) < 4.78 is 27.2. The fourth-order valence-electron chi connectivity index (χ4n) is 12.1. The minimum absolute atomic E-state index is 0.106. The van der Waals surface area contributed by atoms with Gasteiger partial charge in [-0.2, -0.15) is 9.97 Å². The van der Waals surface area contributed by atoms with Crippen molar-refractivity contribution in [1.29, 1.82) is 0 Å². The number of benzene rings is 4. The summed E-state index contributed by atoms with van der Waals surface area (Å²) >= 11 is 0. The highest BCUT2D eigenvalue weighted by Gasteiger charge is 2.47. The van der Waals surface area contributed by atoms with E-state index in [1.54, 1.807) is 14.2 Å². The highest BCUT2D eigenvalue weighted by atomic mass is 16.5. The van der Waals surface area contributed by atoms with E-state index in [0.717, 1.165) is 100 Å². The molecule has 0 saturated carbocycles. The van der Waals surface area contributed by atoms with E-state index in [4.69, 9.17) is 38.9 Å². The normalized spacial score (nSPS) is 25.4. The lowest BCUT2D eigenvalue weighted by Crippen LogP contribution is -2.56. The molecule has 6 fully saturated rings. The number of pyridine rings is 2. The van der Waals surface area contributed by atoms with Crippen molar-refractivity contribution in [1.82, 2.24) is 29.7 Å². The van der Waals surface area contributed by atoms with Gasteiger partial charge in [0.1, 0.15) is 29.3 Å². The van der Waals surface area contributed by atoms with Crippen molar-refractivity contribution in [3.63, 3.8) is 0 Å². The molecule has 7 aromatic rings. The van der Waals surface area contributed by atoms with E-state index in [1.807, 2.05) is 54.9 Å². The molecule has 6 aliphatic heterocycles. The van der Waals surface area contributed by atoms with Crippen LogP contribution in [0.1, 0.15) is 75.7 Å². The Balaban J connectivity index is 1.13. The third-order valence-corrected chi connectivity index (χ3v) is 15.6. The van der Waals surface area contributed by atoms with Crippen LogP contribution >= 0.6 is 0 Å². The highest BCUT2D eigenvalue weighted by Crippen LogP contribution is 2.50. The standard InChI is InChI=1S/C56H60N6O4/c1-5-35-33-61-27-23-39(35)29-49(61)52(43-21-25-57-47-19-17-41(63-3)31-45(43)47)65-55-51(37-13-9-7-10-14-37)56(60-54(59-55)38-15-11-8-12-16-38)66-53(50-30-40-24-28-62(50)34-36(40)6-2)44-22-26-58-48-20-18-42(64-4)32-46(44)48/h7-22,25-26,31-32,35-36,39-40,49-50,52-53H,5-6,23-24,27-30,33-34H2,1-4H3/t35-,36-,39-,40?,49+,50+,52-,53-/m0/s1. The maximum atomic E-state index is 7.76. The van der Waals surface area contributed by atoms with Crippen LogP contribution in [-0.2, 0) is 0 Å². The molecular weight excluding hydrogens is 821 g/mol. The molecule has 10 atom stereocenters. The summed E-state index contributed by atoms with van der Waals surface area (Å²) in [6, 6.07) is 37.4. The zero-order chi connectivity index (χ0) is 44.7. The van der Waals surface area contributed by atoms with Crippen LogP contribution in [0.2, 0.25) is 0 Å². The van der Waals surface area contributed by atoms with Crippen molar-refractivity contribution in [3.05, 3.63) is 133 Å². The molecule has 10 heteroatoms. The summed E-state index contributed by atoms with van der Waals surface area (Å²) in [5.74, 6) is 5.70. The lowest BCUT2D eigenvalue weighted by Gasteiger charge is -2.52. The predicted octanol–water partition coefficient (Wildman–Crippen LogP) is 11.4. The van der Waals surface area contributed by atoms with Gasteiger partial charge in [-0.25, -0.2) is 0 Å². The Morgan fingerprint density at radius 3 is 1.47 bits per heavy atom. The first-order chi connectivity index (χ1) is 32.5. The molecular formula is C56H60N6O4. The smallest absolute Gasteiger partial charge is 0.229 e. The topological polar surface area (TPSA) is 95.0 Å². The Morgan fingerprint density at radius 2 is 1.05 bits per heavy atom. The quantitative estimate of drug-likeness (QED) is 0.105. The Bertz CT molecular complexity index is 2680. The molecule has 6 saturated heterocycles. The molecule has 0 N–H and O–H groups in total. The van der Waals surface area contributed by atoms with E-state index in [9.17, 15) is 0 Å². The van der Waals surface area contributed by atoms with E-state index >= 15 is 0 Å². The summed E-state index contributed by atoms with van der Waals surface area (Å²) in [5, 5.41) is 2.02. The number of hydrogen-bond acceptors (Lipinski definition) is 10. The molecule has 66 heavy (non-hydrogen) atoms. The van der Waals surface area contributed by atoms with Gasteiger partial charge in [0.25, 0.3) is 0 Å². The molecule has 9 heterocycles. The van der Waals surface area contributed by atoms with Gasteiger partial charge >= 0.3 is 0 Å². The Kier molecular flexibility index (Phi) is 11.8. The van der Waals surface area contributed by atoms with Crippen LogP contribution in [0, 0.1) is 23.7 Å². The minimum atomic E-state index is -0.393. The second-order valence-corrected chi connectivity index (χ2v) is 18.9. The van der Waals surface area contributed by atoms with Gasteiger partial charge in [-0.15, -0.1) is 0 Å². The summed E-state index contributed by atoms with van der Waals surface area (Å²) in [6.45, 7) is 8.88. The van der Waals surface area contributed by atoms with Crippen molar-refractivity contribution < 1.29 is 18.9 Å². The first-order valence-corrected chi connectivity index (χ1v) is 24.2. The van der Waals surface area contributed by atoms with Crippen molar-refractivity contribution >= 4 is 21.8 Å². The number of nitrogens with zero attached hydrogens (tertiary/aromatic N) is 6. The minimum Gasteiger partial charge on any atom is -0.497 e. The second-order valence-electron chi connectivity index (χ2n) is 18.9. The van der Waals surface area contributed by atoms with E-state index in [0.29, 0.717) is 41.3 Å². The van der Waals surface area contributed by atoms with Crippen LogP contribution in [0.25, 0.3) is 44.3 Å². The zero-order valence-electron chi connectivity index (χ0n) is 38.6. The summed E-state index contributed by atoms with van der Waals surface area (Å²) in [4.78, 5) is 26.0. The Morgan fingerprint density at radius 1 is 0.576 bits per heavy atom. The number of aromatic nitrogens is 4. The van der Waals surface area contributed by atoms with Crippen molar-refractivity contribution in [2.24, 2.45) is 23.7 Å². The lowest BCUT2D eigenvalue weighted by atomic mass is 9.72. The first kappa shape index (κ1) is 42.5. The molecule has 13 rings (SSSR count). The Hall–Kier alpha value is -6.10. The van der Waals surface area contributed by atoms with Crippen LogP contribution in [0.3, 0.4) is 0 Å². The molecule has 3 unspecified atom stereocenters. The molecule has 338 valence electrons. The largest absolute Gasteiger partial charge is 0.497 e. The average Bonchev–Trinajstić information content (AvgIpc) is 3.39. The number of methoxy groups -OCH3 is 2. The maximum absolute atomic E-state index is 7.76. The van der Waals surface area contributed by atoms with Gasteiger partial charge in [-0.05, 0) is 117 Å². The van der Waals surface area contributed by atoms with Gasteiger partial charge < -0.3 is 18.9 Å². The monoisotopic (exact) mass is 880 g/mol. The lowest BCUT2D eigenvalue weighted by molar-refractivity contribution is -0.0510. The molecule has 0 radical (unpaired) electrons. The number of ether oxygens (including phenoxy) is 4. The van der Waals surface area contributed by atoms with Crippen LogP contribution in [0.5, 0.6) is 23.3 Å². The molecule has 3 aromatic heterocycles. The molecule has 4 aromatic carbocycles. The van der Waals surface area contributed by atoms with Gasteiger partial charge in [-0.3, -0.25) is 19.8 Å². The molecule has 4 bridgehead atoms. The molecule has 10 nitrogen and oxygen atoms in total. The van der Waals surface area contributed by atoms with E-state index < -0.39 is 12.2 Å². The molecule has 0 aliphatic carbocycles. The molecule has 6 aliphatic rings. The molecule has 0 spiro atoms. The number of hydrogen-bond donors (Lipinski definition) is 0. The fraction of sp³-hybridized carbons (Fsp3) is 0.393. The summed E-state index contributed by atoms with van der Waals surface area (Å²) in [6.07, 6.45) is 9.90. The van der Waals surface area contributed by atoms with Crippen LogP contribution < -0.4 is 18.9 Å². The maximum Gasteiger partial charge on any atom is 0.229 e. The Labute approximate surface area is 388 Å². The number of fused-ring (bicyclic) bond motifs is 8. The predicted molar refractivity (Wildman–Crippen MR) is 260 cm³/mol. The summed E-state index contributed by atoms with van der Waals surface area (Å²) in [5.41, 5.74) is 6.48. The van der Waals surface area contributed by atoms with Crippen LogP contribution in [0.15, 0.2) is 122 Å².